The van der Waals surface area contributed by atoms with Gasteiger partial charge in [0.05, 0.1) is 12.1 Å². The van der Waals surface area contributed by atoms with Crippen molar-refractivity contribution in [1.82, 2.24) is 15.9 Å². The van der Waals surface area contributed by atoms with Crippen LogP contribution in [0.2, 0.25) is 1.41 Å². The highest BCUT2D eigenvalue weighted by molar-refractivity contribution is 8.00. The van der Waals surface area contributed by atoms with Gasteiger partial charge in [-0.05, 0) is 32.1 Å². The van der Waals surface area contributed by atoms with E-state index in [9.17, 15) is 9.59 Å². The number of hydrogen-bond acceptors (Lipinski definition) is 4. The van der Waals surface area contributed by atoms with Crippen LogP contribution in [0.4, 0.5) is 4.79 Å². The van der Waals surface area contributed by atoms with E-state index in [1.807, 2.05) is 11.8 Å². The fourth-order valence-electron chi connectivity index (χ4n) is 2.94. The van der Waals surface area contributed by atoms with E-state index in [0.717, 1.165) is 49.6 Å². The van der Waals surface area contributed by atoms with E-state index < -0.39 is 0 Å². The average Bonchev–Trinajstić information content (AvgIpc) is 3.05. The van der Waals surface area contributed by atoms with Gasteiger partial charge >= 0.3 is 6.03 Å². The molecule has 7 heteroatoms. The second kappa shape index (κ2) is 9.25. The number of carbonyl (C=O) groups is 2. The fraction of sp³-hybridized carbons (Fsp3) is 0.867. The molecule has 2 saturated heterocycles. The molecule has 0 aromatic carbocycles. The molecule has 0 aromatic rings. The van der Waals surface area contributed by atoms with Crippen molar-refractivity contribution >= 4 is 23.7 Å². The number of nitrogens with one attached hydrogen (secondary N) is 3. The first-order valence-electron chi connectivity index (χ1n) is 8.66. The lowest BCUT2D eigenvalue weighted by Gasteiger charge is -2.16. The van der Waals surface area contributed by atoms with Crippen molar-refractivity contribution in [3.05, 3.63) is 0 Å². The van der Waals surface area contributed by atoms with Crippen molar-refractivity contribution < 1.29 is 16.1 Å². The first-order valence-corrected chi connectivity index (χ1v) is 9.26. The van der Waals surface area contributed by atoms with Crippen LogP contribution in [0.25, 0.3) is 0 Å². The first-order chi connectivity index (χ1) is 11.1. The molecule has 3 atom stereocenters. The zero-order valence-corrected chi connectivity index (χ0v) is 13.7. The van der Waals surface area contributed by atoms with E-state index in [0.29, 0.717) is 18.2 Å². The van der Waals surface area contributed by atoms with Gasteiger partial charge in [-0.3, -0.25) is 4.79 Å². The Kier molecular flexibility index (Phi) is 6.70. The van der Waals surface area contributed by atoms with Gasteiger partial charge < -0.3 is 21.0 Å². The number of urea groups is 1. The minimum absolute atomic E-state index is 0.000260. The Morgan fingerprint density at radius 3 is 3.05 bits per heavy atom. The number of aliphatic hydroxyl groups is 1. The molecule has 2 rings (SSSR count). The highest BCUT2D eigenvalue weighted by atomic mass is 32.2. The highest BCUT2D eigenvalue weighted by Gasteiger charge is 2.42. The van der Waals surface area contributed by atoms with Crippen LogP contribution in [0.3, 0.4) is 0 Å². The van der Waals surface area contributed by atoms with Crippen molar-refractivity contribution in [3.63, 3.8) is 0 Å². The fourth-order valence-corrected chi connectivity index (χ4v) is 4.45. The Labute approximate surface area is 137 Å². The quantitative estimate of drug-likeness (QED) is 0.355. The maximum Gasteiger partial charge on any atom is 0.315 e. The molecule has 2 aliphatic heterocycles. The molecular weight excluding hydrogens is 302 g/mol. The number of amides is 3. The number of thioether (sulfide) groups is 1. The van der Waals surface area contributed by atoms with Gasteiger partial charge in [0.15, 0.2) is 1.41 Å². The average molecular weight is 330 g/mol. The third-order valence-corrected chi connectivity index (χ3v) is 5.66. The van der Waals surface area contributed by atoms with Gasteiger partial charge in [-0.1, -0.05) is 6.42 Å². The molecule has 0 radical (unpaired) electrons. The molecule has 3 unspecified atom stereocenters. The van der Waals surface area contributed by atoms with Crippen molar-refractivity contribution in [3.8, 4) is 0 Å². The lowest BCUT2D eigenvalue weighted by molar-refractivity contribution is -0.121. The van der Waals surface area contributed by atoms with Crippen LogP contribution in [0.1, 0.15) is 44.9 Å². The summed E-state index contributed by atoms with van der Waals surface area (Å²) in [6.45, 7) is 0.903. The van der Waals surface area contributed by atoms with Gasteiger partial charge in [0.1, 0.15) is 0 Å². The van der Waals surface area contributed by atoms with E-state index >= 15 is 0 Å². The Balaban J connectivity index is 1.52. The second-order valence-corrected chi connectivity index (χ2v) is 7.20. The molecule has 126 valence electrons. The molecule has 2 heterocycles. The van der Waals surface area contributed by atoms with Crippen LogP contribution >= 0.6 is 11.8 Å². The van der Waals surface area contributed by atoms with E-state index in [1.165, 1.54) is 0 Å². The number of unbranched alkanes of at least 4 members (excludes halogenated alkanes) is 3. The van der Waals surface area contributed by atoms with Gasteiger partial charge in [0.2, 0.25) is 5.91 Å². The highest BCUT2D eigenvalue weighted by Crippen LogP contribution is 2.33. The van der Waals surface area contributed by atoms with E-state index in [1.54, 1.807) is 0 Å². The molecular formula is C15H27N3O3S. The number of carbonyl (C=O) groups excluding carboxylic acids is 2. The number of hydrogen-bond donors (Lipinski definition) is 4. The van der Waals surface area contributed by atoms with Crippen LogP contribution in [0.15, 0.2) is 0 Å². The van der Waals surface area contributed by atoms with Gasteiger partial charge in [0.25, 0.3) is 0 Å². The Bertz CT molecular complexity index is 413. The molecule has 6 nitrogen and oxygen atoms in total. The minimum atomic E-state index is -0.286. The molecule has 4 N–H and O–H groups in total. The summed E-state index contributed by atoms with van der Waals surface area (Å²) in [6.07, 6.45) is 5.99. The molecule has 2 fully saturated rings. The summed E-state index contributed by atoms with van der Waals surface area (Å²) in [5, 5.41) is 15.9. The van der Waals surface area contributed by atoms with Crippen LogP contribution in [0.5, 0.6) is 0 Å². The lowest BCUT2D eigenvalue weighted by Crippen LogP contribution is -2.36. The monoisotopic (exact) mass is 330 g/mol. The summed E-state index contributed by atoms with van der Waals surface area (Å²) in [4.78, 5) is 23.2. The van der Waals surface area contributed by atoms with Gasteiger partial charge in [-0.2, -0.15) is 11.8 Å². The molecule has 0 bridgehead atoms. The number of aliphatic hydroxyl groups excluding tert-OH is 1. The summed E-state index contributed by atoms with van der Waals surface area (Å²) in [5.41, 5.74) is 0. The molecule has 0 aliphatic carbocycles. The molecule has 3 amide bonds. The molecule has 0 spiro atoms. The predicted octanol–water partition coefficient (Wildman–Crippen LogP) is 0.991. The molecule has 0 aromatic heterocycles. The van der Waals surface area contributed by atoms with Crippen molar-refractivity contribution in [1.29, 1.82) is 0 Å². The van der Waals surface area contributed by atoms with Crippen LogP contribution in [-0.4, -0.2) is 53.3 Å². The summed E-state index contributed by atoms with van der Waals surface area (Å²) < 4.78 is 7.67. The van der Waals surface area contributed by atoms with Crippen LogP contribution in [0, 0.1) is 0 Å². The van der Waals surface area contributed by atoms with Crippen molar-refractivity contribution in [2.24, 2.45) is 0 Å². The molecule has 0 saturated carbocycles. The van der Waals surface area contributed by atoms with E-state index in [2.05, 4.69) is 10.6 Å². The summed E-state index contributed by atoms with van der Waals surface area (Å²) in [5.74, 6) is 0.920. The zero-order chi connectivity index (χ0) is 16.7. The minimum Gasteiger partial charge on any atom is -0.396 e. The van der Waals surface area contributed by atoms with E-state index in [4.69, 9.17) is 6.52 Å². The molecule has 2 aliphatic rings. The Morgan fingerprint density at radius 1 is 1.36 bits per heavy atom. The third-order valence-electron chi connectivity index (χ3n) is 4.17. The number of fused-ring (bicyclic) bond motifs is 1. The van der Waals surface area contributed by atoms with Gasteiger partial charge in [-0.25, -0.2) is 4.79 Å². The number of rotatable bonds is 10. The summed E-state index contributed by atoms with van der Waals surface area (Å²) in [7, 11) is 0. The predicted molar refractivity (Wildman–Crippen MR) is 87.9 cm³/mol. The summed E-state index contributed by atoms with van der Waals surface area (Å²) >= 11 is 1.82. The topological polar surface area (TPSA) is 90.5 Å². The standard InChI is InChI=1S/C15H27N3O3S/c19-9-5-1-4-8-16-13(20)7-3-2-6-12-14-11(10-22-12)17-15(21)18-14/h11-12,14,19H,1-10H2,(H,16,20)(H2,17,18,21)/i/hD. The van der Waals surface area contributed by atoms with Gasteiger partial charge in [-0.15, -0.1) is 0 Å². The van der Waals surface area contributed by atoms with E-state index in [-0.39, 0.29) is 30.6 Å². The normalized spacial score (nSPS) is 27.5. The first kappa shape index (κ1) is 15.9. The Morgan fingerprint density at radius 2 is 2.23 bits per heavy atom. The SMILES string of the molecule is [2H]N1C(=O)NC2C(CCCCC(=O)NCCCCCO)SCC21. The Hall–Kier alpha value is -0.950. The maximum absolute atomic E-state index is 11.7. The largest absolute Gasteiger partial charge is 0.396 e. The van der Waals surface area contributed by atoms with Crippen molar-refractivity contribution in [2.75, 3.05) is 18.9 Å². The van der Waals surface area contributed by atoms with Gasteiger partial charge in [0, 0.05) is 30.6 Å². The third kappa shape index (κ3) is 5.35. The van der Waals surface area contributed by atoms with Crippen LogP contribution < -0.4 is 15.9 Å². The van der Waals surface area contributed by atoms with Crippen LogP contribution in [-0.2, 0) is 4.79 Å². The zero-order valence-electron chi connectivity index (χ0n) is 13.9. The second-order valence-electron chi connectivity index (χ2n) is 5.92. The maximum atomic E-state index is 11.7. The lowest BCUT2D eigenvalue weighted by atomic mass is 10.0. The molecule has 22 heavy (non-hydrogen) atoms. The summed E-state index contributed by atoms with van der Waals surface area (Å²) in [6, 6.07) is -0.198. The smallest absolute Gasteiger partial charge is 0.315 e. The van der Waals surface area contributed by atoms with Crippen molar-refractivity contribution in [2.45, 2.75) is 62.3 Å².